The van der Waals surface area contributed by atoms with Crippen LogP contribution in [0.25, 0.3) is 11.3 Å². The number of phenols is 1. The number of aromatic nitrogens is 1. The maximum Gasteiger partial charge on any atom is 0.190 e. The van der Waals surface area contributed by atoms with E-state index < -0.39 is 0 Å². The van der Waals surface area contributed by atoms with Crippen molar-refractivity contribution in [2.45, 2.75) is 0 Å². The van der Waals surface area contributed by atoms with Gasteiger partial charge in [0.25, 0.3) is 0 Å². The van der Waals surface area contributed by atoms with Gasteiger partial charge in [-0.05, 0) is 30.3 Å². The van der Waals surface area contributed by atoms with Crippen LogP contribution in [-0.4, -0.2) is 9.67 Å². The van der Waals surface area contributed by atoms with Gasteiger partial charge in [-0.15, -0.1) is 11.3 Å². The first-order valence-electron chi connectivity index (χ1n) is 6.48. The summed E-state index contributed by atoms with van der Waals surface area (Å²) in [6.07, 6.45) is 0. The van der Waals surface area contributed by atoms with Gasteiger partial charge in [0, 0.05) is 29.1 Å². The molecule has 0 amide bonds. The van der Waals surface area contributed by atoms with Crippen LogP contribution in [0.3, 0.4) is 0 Å². The average molecular weight is 351 g/mol. The van der Waals surface area contributed by atoms with Crippen LogP contribution in [0.15, 0.2) is 52.8 Å². The first-order chi connectivity index (χ1) is 10.5. The van der Waals surface area contributed by atoms with Gasteiger partial charge in [0.05, 0.1) is 16.4 Å². The van der Waals surface area contributed by atoms with Crippen LogP contribution >= 0.6 is 34.5 Å². The monoisotopic (exact) mass is 350 g/mol. The minimum Gasteiger partial charge on any atom is -0.508 e. The molecule has 0 aliphatic heterocycles. The molecular weight excluding hydrogens is 339 g/mol. The highest BCUT2D eigenvalue weighted by Crippen LogP contribution is 2.30. The Morgan fingerprint density at radius 3 is 2.68 bits per heavy atom. The Balaban J connectivity index is 2.09. The minimum absolute atomic E-state index is 0.196. The summed E-state index contributed by atoms with van der Waals surface area (Å²) in [7, 11) is 1.93. The summed E-state index contributed by atoms with van der Waals surface area (Å²) >= 11 is 13.7. The fourth-order valence-electron chi connectivity index (χ4n) is 2.09. The van der Waals surface area contributed by atoms with Crippen LogP contribution in [0.2, 0.25) is 10.0 Å². The zero-order chi connectivity index (χ0) is 15.7. The number of halogens is 2. The summed E-state index contributed by atoms with van der Waals surface area (Å²) in [4.78, 5) is 5.36. The van der Waals surface area contributed by atoms with Gasteiger partial charge in [0.2, 0.25) is 0 Å². The molecule has 22 heavy (non-hydrogen) atoms. The molecule has 0 radical (unpaired) electrons. The Morgan fingerprint density at radius 2 is 1.95 bits per heavy atom. The van der Waals surface area contributed by atoms with Crippen LogP contribution in [0.1, 0.15) is 0 Å². The van der Waals surface area contributed by atoms with Crippen LogP contribution in [0.4, 0.5) is 5.69 Å². The molecule has 3 nitrogen and oxygen atoms in total. The molecule has 3 aromatic rings. The second kappa shape index (κ2) is 6.16. The molecule has 0 aliphatic rings. The molecule has 0 spiro atoms. The average Bonchev–Trinajstić information content (AvgIpc) is 2.81. The van der Waals surface area contributed by atoms with E-state index in [0.29, 0.717) is 15.7 Å². The highest BCUT2D eigenvalue weighted by atomic mass is 35.5. The molecule has 0 fully saturated rings. The number of benzene rings is 2. The smallest absolute Gasteiger partial charge is 0.190 e. The lowest BCUT2D eigenvalue weighted by Crippen LogP contribution is -2.10. The van der Waals surface area contributed by atoms with Crippen molar-refractivity contribution in [2.24, 2.45) is 12.0 Å². The number of rotatable bonds is 2. The zero-order valence-electron chi connectivity index (χ0n) is 11.6. The fourth-order valence-corrected chi connectivity index (χ4v) is 3.51. The molecule has 3 rings (SSSR count). The maximum absolute atomic E-state index is 9.51. The molecule has 0 unspecified atom stereocenters. The number of aromatic hydroxyl groups is 1. The quantitative estimate of drug-likeness (QED) is 0.693. The summed E-state index contributed by atoms with van der Waals surface area (Å²) in [5.74, 6) is 0.196. The summed E-state index contributed by atoms with van der Waals surface area (Å²) < 4.78 is 1.96. The summed E-state index contributed by atoms with van der Waals surface area (Å²) in [5, 5.41) is 12.7. The standard InChI is InChI=1S/C16H12Cl2N2OS/c1-20-15(13-6-5-10(17)7-14(13)18)9-22-16(20)19-11-3-2-4-12(21)8-11/h2-9,21H,1H3. The van der Waals surface area contributed by atoms with E-state index in [9.17, 15) is 5.11 Å². The largest absolute Gasteiger partial charge is 0.508 e. The van der Waals surface area contributed by atoms with Gasteiger partial charge in [-0.2, -0.15) is 0 Å². The predicted octanol–water partition coefficient (Wildman–Crippen LogP) is 5.00. The summed E-state index contributed by atoms with van der Waals surface area (Å²) in [5.41, 5.74) is 2.57. The van der Waals surface area contributed by atoms with E-state index in [2.05, 4.69) is 4.99 Å². The second-order valence-electron chi connectivity index (χ2n) is 4.72. The summed E-state index contributed by atoms with van der Waals surface area (Å²) in [6, 6.07) is 12.3. The van der Waals surface area contributed by atoms with Crippen molar-refractivity contribution in [3.63, 3.8) is 0 Å². The van der Waals surface area contributed by atoms with E-state index in [4.69, 9.17) is 23.2 Å². The van der Waals surface area contributed by atoms with E-state index in [0.717, 1.165) is 16.1 Å². The van der Waals surface area contributed by atoms with Crippen molar-refractivity contribution in [2.75, 3.05) is 0 Å². The number of phenolic OH excluding ortho intramolecular Hbond substituents is 1. The van der Waals surface area contributed by atoms with Gasteiger partial charge in [-0.25, -0.2) is 4.99 Å². The normalized spacial score (nSPS) is 11.9. The summed E-state index contributed by atoms with van der Waals surface area (Å²) in [6.45, 7) is 0. The molecule has 0 saturated carbocycles. The second-order valence-corrected chi connectivity index (χ2v) is 6.40. The van der Waals surface area contributed by atoms with Crippen LogP contribution in [0, 0.1) is 0 Å². The van der Waals surface area contributed by atoms with E-state index in [1.165, 1.54) is 11.3 Å². The Kier molecular flexibility index (Phi) is 4.25. The van der Waals surface area contributed by atoms with Gasteiger partial charge in [0.1, 0.15) is 5.75 Å². The lowest BCUT2D eigenvalue weighted by Gasteiger charge is -2.05. The van der Waals surface area contributed by atoms with Crippen LogP contribution < -0.4 is 4.80 Å². The number of hydrogen-bond donors (Lipinski definition) is 1. The third-order valence-electron chi connectivity index (χ3n) is 3.19. The topological polar surface area (TPSA) is 37.5 Å². The lowest BCUT2D eigenvalue weighted by atomic mass is 10.2. The Hall–Kier alpha value is -1.75. The van der Waals surface area contributed by atoms with Crippen molar-refractivity contribution in [3.05, 3.63) is 62.7 Å². The first kappa shape index (κ1) is 15.2. The lowest BCUT2D eigenvalue weighted by molar-refractivity contribution is 0.475. The van der Waals surface area contributed by atoms with Crippen molar-refractivity contribution in [3.8, 4) is 17.0 Å². The third kappa shape index (κ3) is 3.04. The molecule has 0 saturated heterocycles. The van der Waals surface area contributed by atoms with Crippen LogP contribution in [0.5, 0.6) is 5.75 Å². The highest BCUT2D eigenvalue weighted by Gasteiger charge is 2.09. The minimum atomic E-state index is 0.196. The van der Waals surface area contributed by atoms with Crippen molar-refractivity contribution in [1.29, 1.82) is 0 Å². The van der Waals surface area contributed by atoms with E-state index in [1.807, 2.05) is 35.2 Å². The molecular formula is C16H12Cl2N2OS. The van der Waals surface area contributed by atoms with E-state index >= 15 is 0 Å². The molecule has 1 aromatic heterocycles. The molecule has 0 aliphatic carbocycles. The van der Waals surface area contributed by atoms with E-state index in [1.54, 1.807) is 24.3 Å². The Bertz CT molecular complexity index is 899. The predicted molar refractivity (Wildman–Crippen MR) is 92.1 cm³/mol. The van der Waals surface area contributed by atoms with Crippen molar-refractivity contribution in [1.82, 2.24) is 4.57 Å². The molecule has 0 bridgehead atoms. The third-order valence-corrected chi connectivity index (χ3v) is 4.65. The first-order valence-corrected chi connectivity index (χ1v) is 8.12. The number of nitrogens with zero attached hydrogens (tertiary/aromatic N) is 2. The number of thiazole rings is 1. The molecule has 0 atom stereocenters. The Morgan fingerprint density at radius 1 is 1.14 bits per heavy atom. The fraction of sp³-hybridized carbons (Fsp3) is 0.0625. The van der Waals surface area contributed by atoms with Gasteiger partial charge < -0.3 is 9.67 Å². The Labute approximate surface area is 141 Å². The maximum atomic E-state index is 9.51. The highest BCUT2D eigenvalue weighted by molar-refractivity contribution is 7.07. The zero-order valence-corrected chi connectivity index (χ0v) is 14.0. The molecule has 6 heteroatoms. The SMILES string of the molecule is Cn1c(-c2ccc(Cl)cc2Cl)csc1=Nc1cccc(O)c1. The van der Waals surface area contributed by atoms with Crippen LogP contribution in [-0.2, 0) is 7.05 Å². The van der Waals surface area contributed by atoms with Gasteiger partial charge in [0.15, 0.2) is 4.80 Å². The molecule has 2 aromatic carbocycles. The van der Waals surface area contributed by atoms with Gasteiger partial charge >= 0.3 is 0 Å². The number of hydrogen-bond acceptors (Lipinski definition) is 3. The van der Waals surface area contributed by atoms with E-state index in [-0.39, 0.29) is 5.75 Å². The van der Waals surface area contributed by atoms with Crippen molar-refractivity contribution < 1.29 is 5.11 Å². The van der Waals surface area contributed by atoms with Crippen molar-refractivity contribution >= 4 is 40.2 Å². The molecule has 1 N–H and O–H groups in total. The van der Waals surface area contributed by atoms with Gasteiger partial charge in [-0.1, -0.05) is 29.3 Å². The molecule has 112 valence electrons. The molecule has 1 heterocycles. The van der Waals surface area contributed by atoms with Gasteiger partial charge in [-0.3, -0.25) is 0 Å².